The summed E-state index contributed by atoms with van der Waals surface area (Å²) < 4.78 is 21.9. The minimum absolute atomic E-state index is 0.0152. The molecule has 1 unspecified atom stereocenters. The van der Waals surface area contributed by atoms with Crippen molar-refractivity contribution in [3.05, 3.63) is 71.9 Å². The summed E-state index contributed by atoms with van der Waals surface area (Å²) in [7, 11) is 0. The van der Waals surface area contributed by atoms with Crippen LogP contribution in [0.5, 0.6) is 0 Å². The van der Waals surface area contributed by atoms with E-state index in [1.807, 2.05) is 16.7 Å². The largest absolute Gasteiger partial charge is 0.463 e. The molecule has 1 aliphatic heterocycles. The zero-order valence-corrected chi connectivity index (χ0v) is 18.7. The van der Waals surface area contributed by atoms with Crippen molar-refractivity contribution in [2.75, 3.05) is 0 Å². The Morgan fingerprint density at radius 1 is 1.09 bits per heavy atom. The maximum absolute atomic E-state index is 14.5. The Labute approximate surface area is 192 Å². The molecular weight excluding hydrogens is 421 g/mol. The van der Waals surface area contributed by atoms with Gasteiger partial charge in [0.25, 0.3) is 5.91 Å². The SMILES string of the molecule is CC1(C(=O)NC2CCCCC2)Cn2c(ccc2-c2ccco2)C(=O)N1Cc1ccccc1F. The van der Waals surface area contributed by atoms with Crippen LogP contribution in [0, 0.1) is 5.82 Å². The molecular formula is C26H28FN3O3. The number of hydrogen-bond donors (Lipinski definition) is 1. The molecule has 172 valence electrons. The van der Waals surface area contributed by atoms with Crippen molar-refractivity contribution in [3.63, 3.8) is 0 Å². The zero-order chi connectivity index (χ0) is 23.0. The number of aromatic nitrogens is 1. The second-order valence-corrected chi connectivity index (χ2v) is 9.23. The van der Waals surface area contributed by atoms with Crippen molar-refractivity contribution in [2.45, 2.75) is 63.7 Å². The van der Waals surface area contributed by atoms with Crippen LogP contribution in [0.4, 0.5) is 4.39 Å². The second-order valence-electron chi connectivity index (χ2n) is 9.23. The van der Waals surface area contributed by atoms with Gasteiger partial charge in [-0.3, -0.25) is 9.59 Å². The summed E-state index contributed by atoms with van der Waals surface area (Å²) in [6, 6.07) is 13.7. The van der Waals surface area contributed by atoms with E-state index < -0.39 is 11.4 Å². The van der Waals surface area contributed by atoms with Crippen molar-refractivity contribution in [3.8, 4) is 11.5 Å². The van der Waals surface area contributed by atoms with Gasteiger partial charge in [0, 0.05) is 11.6 Å². The van der Waals surface area contributed by atoms with Gasteiger partial charge in [-0.1, -0.05) is 37.5 Å². The molecule has 1 saturated carbocycles. The van der Waals surface area contributed by atoms with E-state index in [0.717, 1.165) is 31.4 Å². The Morgan fingerprint density at radius 2 is 1.85 bits per heavy atom. The number of nitrogens with one attached hydrogen (secondary N) is 1. The molecule has 33 heavy (non-hydrogen) atoms. The molecule has 0 saturated heterocycles. The Morgan fingerprint density at radius 3 is 2.58 bits per heavy atom. The molecule has 1 N–H and O–H groups in total. The quantitative estimate of drug-likeness (QED) is 0.611. The van der Waals surface area contributed by atoms with Crippen LogP contribution in [0.2, 0.25) is 0 Å². The lowest BCUT2D eigenvalue weighted by molar-refractivity contribution is -0.134. The van der Waals surface area contributed by atoms with Gasteiger partial charge in [0.2, 0.25) is 5.91 Å². The molecule has 3 heterocycles. The lowest BCUT2D eigenvalue weighted by Crippen LogP contribution is -2.64. The lowest BCUT2D eigenvalue weighted by atomic mass is 9.91. The molecule has 0 radical (unpaired) electrons. The van der Waals surface area contributed by atoms with Crippen LogP contribution in [-0.2, 0) is 17.9 Å². The first kappa shape index (κ1) is 21.5. The van der Waals surface area contributed by atoms with Crippen LogP contribution in [0.15, 0.2) is 59.2 Å². The van der Waals surface area contributed by atoms with Crippen LogP contribution in [0.25, 0.3) is 11.5 Å². The van der Waals surface area contributed by atoms with Gasteiger partial charge >= 0.3 is 0 Å². The standard InChI is InChI=1S/C26H28FN3O3/c1-26(25(32)28-19-9-3-2-4-10-19)17-29-21(23-12-7-15-33-23)13-14-22(29)24(31)30(26)16-18-8-5-6-11-20(18)27/h5-8,11-15,19H,2-4,9-10,16-17H2,1H3,(H,28,32). The predicted molar refractivity (Wildman–Crippen MR) is 122 cm³/mol. The number of halogens is 1. The van der Waals surface area contributed by atoms with Crippen LogP contribution >= 0.6 is 0 Å². The van der Waals surface area contributed by atoms with E-state index in [0.29, 0.717) is 17.0 Å². The molecule has 6 nitrogen and oxygen atoms in total. The number of benzene rings is 1. The number of hydrogen-bond acceptors (Lipinski definition) is 3. The first-order valence-corrected chi connectivity index (χ1v) is 11.6. The van der Waals surface area contributed by atoms with Crippen molar-refractivity contribution < 1.29 is 18.4 Å². The fraction of sp³-hybridized carbons (Fsp3) is 0.385. The minimum atomic E-state index is -1.19. The average molecular weight is 450 g/mol. The molecule has 2 aliphatic rings. The normalized spacial score (nSPS) is 21.2. The van der Waals surface area contributed by atoms with Crippen molar-refractivity contribution in [2.24, 2.45) is 0 Å². The van der Waals surface area contributed by atoms with E-state index in [9.17, 15) is 14.0 Å². The zero-order valence-electron chi connectivity index (χ0n) is 18.7. The molecule has 2 amide bonds. The van der Waals surface area contributed by atoms with Crippen LogP contribution in [-0.4, -0.2) is 32.9 Å². The fourth-order valence-electron chi connectivity index (χ4n) is 5.05. The molecule has 1 fully saturated rings. The molecule has 0 spiro atoms. The van der Waals surface area contributed by atoms with Crippen LogP contribution < -0.4 is 5.32 Å². The fourth-order valence-corrected chi connectivity index (χ4v) is 5.05. The van der Waals surface area contributed by atoms with Gasteiger partial charge in [0.05, 0.1) is 25.0 Å². The highest BCUT2D eigenvalue weighted by Crippen LogP contribution is 2.35. The lowest BCUT2D eigenvalue weighted by Gasteiger charge is -2.45. The molecule has 2 aromatic heterocycles. The smallest absolute Gasteiger partial charge is 0.271 e. The molecule has 5 rings (SSSR count). The predicted octanol–water partition coefficient (Wildman–Crippen LogP) is 4.75. The van der Waals surface area contributed by atoms with E-state index in [1.54, 1.807) is 43.5 Å². The minimum Gasteiger partial charge on any atom is -0.463 e. The Balaban J connectivity index is 1.54. The first-order chi connectivity index (χ1) is 16.0. The molecule has 1 atom stereocenters. The Bertz CT molecular complexity index is 1160. The van der Waals surface area contributed by atoms with E-state index in [-0.39, 0.29) is 30.9 Å². The van der Waals surface area contributed by atoms with Crippen LogP contribution in [0.1, 0.15) is 55.1 Å². The highest BCUT2D eigenvalue weighted by molar-refractivity contribution is 6.00. The topological polar surface area (TPSA) is 67.5 Å². The van der Waals surface area contributed by atoms with Crippen molar-refractivity contribution in [1.29, 1.82) is 0 Å². The number of amides is 2. The number of rotatable bonds is 5. The summed E-state index contributed by atoms with van der Waals surface area (Å²) >= 11 is 0. The second kappa shape index (κ2) is 8.54. The molecule has 7 heteroatoms. The first-order valence-electron chi connectivity index (χ1n) is 11.6. The molecule has 3 aromatic rings. The monoisotopic (exact) mass is 449 g/mol. The van der Waals surface area contributed by atoms with E-state index >= 15 is 0 Å². The third-order valence-corrected chi connectivity index (χ3v) is 7.00. The van der Waals surface area contributed by atoms with Gasteiger partial charge in [-0.2, -0.15) is 0 Å². The van der Waals surface area contributed by atoms with Crippen LogP contribution in [0.3, 0.4) is 0 Å². The third kappa shape index (κ3) is 3.86. The highest BCUT2D eigenvalue weighted by atomic mass is 19.1. The van der Waals surface area contributed by atoms with Gasteiger partial charge < -0.3 is 19.2 Å². The van der Waals surface area contributed by atoms with Gasteiger partial charge in [0.1, 0.15) is 22.8 Å². The van der Waals surface area contributed by atoms with E-state index in [2.05, 4.69) is 5.32 Å². The van der Waals surface area contributed by atoms with Crippen molar-refractivity contribution in [1.82, 2.24) is 14.8 Å². The molecule has 0 bridgehead atoms. The summed E-state index contributed by atoms with van der Waals surface area (Å²) in [5, 5.41) is 3.19. The average Bonchev–Trinajstić information content (AvgIpc) is 3.48. The number of fused-ring (bicyclic) bond motifs is 1. The van der Waals surface area contributed by atoms with Gasteiger partial charge in [-0.15, -0.1) is 0 Å². The van der Waals surface area contributed by atoms with Gasteiger partial charge in [-0.05, 0) is 50.1 Å². The van der Waals surface area contributed by atoms with Crippen molar-refractivity contribution >= 4 is 11.8 Å². The number of carbonyl (C=O) groups excluding carboxylic acids is 2. The van der Waals surface area contributed by atoms with E-state index in [1.165, 1.54) is 17.4 Å². The number of nitrogens with zero attached hydrogens (tertiary/aromatic N) is 2. The van der Waals surface area contributed by atoms with Gasteiger partial charge in [-0.25, -0.2) is 4.39 Å². The number of furan rings is 1. The highest BCUT2D eigenvalue weighted by Gasteiger charge is 2.48. The summed E-state index contributed by atoms with van der Waals surface area (Å²) in [6.45, 7) is 2.05. The maximum atomic E-state index is 14.5. The third-order valence-electron chi connectivity index (χ3n) is 7.00. The summed E-state index contributed by atoms with van der Waals surface area (Å²) in [5.74, 6) is -0.267. The summed E-state index contributed by atoms with van der Waals surface area (Å²) in [4.78, 5) is 28.9. The maximum Gasteiger partial charge on any atom is 0.271 e. The molecule has 1 aliphatic carbocycles. The summed E-state index contributed by atoms with van der Waals surface area (Å²) in [6.07, 6.45) is 6.82. The van der Waals surface area contributed by atoms with Gasteiger partial charge in [0.15, 0.2) is 0 Å². The molecule has 1 aromatic carbocycles. The Hall–Kier alpha value is -3.35. The number of carbonyl (C=O) groups is 2. The summed E-state index contributed by atoms with van der Waals surface area (Å²) in [5.41, 5.74) is 0.393. The Kier molecular flexibility index (Phi) is 5.56. The van der Waals surface area contributed by atoms with E-state index in [4.69, 9.17) is 4.42 Å².